The van der Waals surface area contributed by atoms with Crippen LogP contribution in [-0.4, -0.2) is 58.7 Å². The molecule has 0 spiro atoms. The number of aliphatic carboxylic acids is 1. The van der Waals surface area contributed by atoms with Gasteiger partial charge in [0.15, 0.2) is 5.82 Å². The van der Waals surface area contributed by atoms with Gasteiger partial charge in [-0.15, -0.1) is 0 Å². The standard InChI is InChI=1S/C19H21N3O4/c1-13-15(10-20-16(21-13)14-6-4-3-5-7-14)17(23)22-9-8-19(11-22,12-26-2)18(24)25/h3-7,10H,8-9,11-12H2,1-2H3,(H,24,25). The molecule has 1 aliphatic rings. The van der Waals surface area contributed by atoms with E-state index < -0.39 is 11.4 Å². The van der Waals surface area contributed by atoms with E-state index in [2.05, 4.69) is 9.97 Å². The number of ether oxygens (including phenoxy) is 1. The number of aromatic nitrogens is 2. The molecular weight excluding hydrogens is 334 g/mol. The molecule has 1 fully saturated rings. The topological polar surface area (TPSA) is 92.6 Å². The Labute approximate surface area is 151 Å². The number of rotatable bonds is 5. The van der Waals surface area contributed by atoms with Crippen molar-refractivity contribution in [2.45, 2.75) is 13.3 Å². The van der Waals surface area contributed by atoms with Gasteiger partial charge in [0.2, 0.25) is 0 Å². The molecule has 1 amide bonds. The van der Waals surface area contributed by atoms with E-state index in [-0.39, 0.29) is 19.1 Å². The highest BCUT2D eigenvalue weighted by Crippen LogP contribution is 2.32. The molecular formula is C19H21N3O4. The minimum atomic E-state index is -1.05. The molecule has 1 saturated heterocycles. The van der Waals surface area contributed by atoms with Crippen LogP contribution in [0.1, 0.15) is 22.5 Å². The Morgan fingerprint density at radius 3 is 2.65 bits per heavy atom. The molecule has 3 rings (SSSR count). The average Bonchev–Trinajstić information content (AvgIpc) is 3.08. The monoisotopic (exact) mass is 355 g/mol. The van der Waals surface area contributed by atoms with Crippen LogP contribution in [0.5, 0.6) is 0 Å². The lowest BCUT2D eigenvalue weighted by Gasteiger charge is -2.24. The number of carboxylic acids is 1. The Balaban J connectivity index is 1.82. The van der Waals surface area contributed by atoms with Crippen molar-refractivity contribution in [3.8, 4) is 11.4 Å². The Morgan fingerprint density at radius 1 is 1.31 bits per heavy atom. The molecule has 1 aromatic heterocycles. The van der Waals surface area contributed by atoms with E-state index in [1.54, 1.807) is 11.8 Å². The van der Waals surface area contributed by atoms with Crippen LogP contribution >= 0.6 is 0 Å². The van der Waals surface area contributed by atoms with Crippen molar-refractivity contribution in [1.82, 2.24) is 14.9 Å². The highest BCUT2D eigenvalue weighted by molar-refractivity contribution is 5.96. The summed E-state index contributed by atoms with van der Waals surface area (Å²) in [5.41, 5.74) is 0.788. The first-order chi connectivity index (χ1) is 12.5. The van der Waals surface area contributed by atoms with Gasteiger partial charge in [0, 0.05) is 32.0 Å². The quantitative estimate of drug-likeness (QED) is 0.882. The summed E-state index contributed by atoms with van der Waals surface area (Å²) in [6, 6.07) is 9.53. The van der Waals surface area contributed by atoms with Crippen molar-refractivity contribution in [3.63, 3.8) is 0 Å². The van der Waals surface area contributed by atoms with E-state index in [1.165, 1.54) is 13.3 Å². The number of hydrogen-bond acceptors (Lipinski definition) is 5. The second kappa shape index (κ2) is 7.21. The van der Waals surface area contributed by atoms with Gasteiger partial charge in [0.05, 0.1) is 17.9 Å². The zero-order valence-electron chi connectivity index (χ0n) is 14.8. The summed E-state index contributed by atoms with van der Waals surface area (Å²) < 4.78 is 5.07. The summed E-state index contributed by atoms with van der Waals surface area (Å²) in [7, 11) is 1.47. The smallest absolute Gasteiger partial charge is 0.313 e. The van der Waals surface area contributed by atoms with E-state index in [9.17, 15) is 14.7 Å². The van der Waals surface area contributed by atoms with Gasteiger partial charge in [-0.3, -0.25) is 9.59 Å². The number of aryl methyl sites for hydroxylation is 1. The normalized spacial score (nSPS) is 19.5. The number of methoxy groups -OCH3 is 1. The molecule has 0 saturated carbocycles. The van der Waals surface area contributed by atoms with E-state index in [0.29, 0.717) is 30.0 Å². The largest absolute Gasteiger partial charge is 0.481 e. The van der Waals surface area contributed by atoms with Crippen molar-refractivity contribution in [2.75, 3.05) is 26.8 Å². The first kappa shape index (κ1) is 18.0. The summed E-state index contributed by atoms with van der Waals surface area (Å²) in [6.07, 6.45) is 1.88. The highest BCUT2D eigenvalue weighted by atomic mass is 16.5. The van der Waals surface area contributed by atoms with Crippen LogP contribution in [0, 0.1) is 12.3 Å². The summed E-state index contributed by atoms with van der Waals surface area (Å²) in [5.74, 6) is -0.635. The number of carbonyl (C=O) groups excluding carboxylic acids is 1. The third-order valence-corrected chi connectivity index (χ3v) is 4.76. The van der Waals surface area contributed by atoms with Gasteiger partial charge in [-0.25, -0.2) is 9.97 Å². The van der Waals surface area contributed by atoms with Gasteiger partial charge >= 0.3 is 5.97 Å². The second-order valence-corrected chi connectivity index (χ2v) is 6.55. The van der Waals surface area contributed by atoms with Gasteiger partial charge in [-0.2, -0.15) is 0 Å². The van der Waals surface area contributed by atoms with E-state index in [4.69, 9.17) is 4.74 Å². The molecule has 26 heavy (non-hydrogen) atoms. The molecule has 1 aromatic carbocycles. The number of nitrogens with zero attached hydrogens (tertiary/aromatic N) is 3. The maximum absolute atomic E-state index is 12.8. The summed E-state index contributed by atoms with van der Waals surface area (Å²) in [6.45, 7) is 2.33. The van der Waals surface area contributed by atoms with Crippen LogP contribution in [0.15, 0.2) is 36.5 Å². The predicted molar refractivity (Wildman–Crippen MR) is 94.7 cm³/mol. The SMILES string of the molecule is COCC1(C(=O)O)CCN(C(=O)c2cnc(-c3ccccc3)nc2C)C1. The van der Waals surface area contributed by atoms with Crippen LogP contribution in [0.25, 0.3) is 11.4 Å². The summed E-state index contributed by atoms with van der Waals surface area (Å²) >= 11 is 0. The van der Waals surface area contributed by atoms with Crippen LogP contribution < -0.4 is 0 Å². The number of benzene rings is 1. The number of hydrogen-bond donors (Lipinski definition) is 1. The molecule has 0 bridgehead atoms. The Bertz CT molecular complexity index is 825. The number of amides is 1. The molecule has 0 aliphatic carbocycles. The molecule has 7 heteroatoms. The fourth-order valence-corrected chi connectivity index (χ4v) is 3.25. The number of carbonyl (C=O) groups is 2. The molecule has 136 valence electrons. The lowest BCUT2D eigenvalue weighted by atomic mass is 9.88. The van der Waals surface area contributed by atoms with Crippen molar-refractivity contribution in [2.24, 2.45) is 5.41 Å². The molecule has 2 heterocycles. The molecule has 2 aromatic rings. The van der Waals surface area contributed by atoms with E-state index in [0.717, 1.165) is 5.56 Å². The van der Waals surface area contributed by atoms with Crippen molar-refractivity contribution in [1.29, 1.82) is 0 Å². The van der Waals surface area contributed by atoms with Gasteiger partial charge < -0.3 is 14.7 Å². The zero-order valence-corrected chi connectivity index (χ0v) is 14.8. The lowest BCUT2D eigenvalue weighted by molar-refractivity contribution is -0.151. The molecule has 1 atom stereocenters. The van der Waals surface area contributed by atoms with Crippen molar-refractivity contribution in [3.05, 3.63) is 47.8 Å². The fraction of sp³-hybridized carbons (Fsp3) is 0.368. The molecule has 7 nitrogen and oxygen atoms in total. The minimum Gasteiger partial charge on any atom is -0.481 e. The molecule has 1 unspecified atom stereocenters. The summed E-state index contributed by atoms with van der Waals surface area (Å²) in [4.78, 5) is 34.8. The fourth-order valence-electron chi connectivity index (χ4n) is 3.25. The second-order valence-electron chi connectivity index (χ2n) is 6.55. The maximum atomic E-state index is 12.8. The summed E-state index contributed by atoms with van der Waals surface area (Å²) in [5, 5.41) is 9.54. The maximum Gasteiger partial charge on any atom is 0.313 e. The van der Waals surface area contributed by atoms with Crippen molar-refractivity contribution < 1.29 is 19.4 Å². The predicted octanol–water partition coefficient (Wildman–Crippen LogP) is 2.02. The first-order valence-corrected chi connectivity index (χ1v) is 8.37. The van der Waals surface area contributed by atoms with Crippen molar-refractivity contribution >= 4 is 11.9 Å². The molecule has 0 radical (unpaired) electrons. The number of likely N-dealkylation sites (tertiary alicyclic amines) is 1. The first-order valence-electron chi connectivity index (χ1n) is 8.37. The van der Waals surface area contributed by atoms with Crippen LogP contribution in [0.2, 0.25) is 0 Å². The van der Waals surface area contributed by atoms with Crippen LogP contribution in [0.4, 0.5) is 0 Å². The van der Waals surface area contributed by atoms with Gasteiger partial charge in [0.25, 0.3) is 5.91 Å². The lowest BCUT2D eigenvalue weighted by Crippen LogP contribution is -2.40. The van der Waals surface area contributed by atoms with Gasteiger partial charge in [-0.05, 0) is 13.3 Å². The third-order valence-electron chi connectivity index (χ3n) is 4.76. The Morgan fingerprint density at radius 2 is 2.04 bits per heavy atom. The van der Waals surface area contributed by atoms with Gasteiger partial charge in [-0.1, -0.05) is 30.3 Å². The number of carboxylic acid groups (broad SMARTS) is 1. The molecule has 1 aliphatic heterocycles. The van der Waals surface area contributed by atoms with E-state index in [1.807, 2.05) is 30.3 Å². The van der Waals surface area contributed by atoms with Crippen LogP contribution in [0.3, 0.4) is 0 Å². The average molecular weight is 355 g/mol. The third kappa shape index (κ3) is 3.30. The Kier molecular flexibility index (Phi) is 4.99. The minimum absolute atomic E-state index is 0.0779. The zero-order chi connectivity index (χ0) is 18.7. The van der Waals surface area contributed by atoms with Crippen LogP contribution in [-0.2, 0) is 9.53 Å². The Hall–Kier alpha value is -2.80. The van der Waals surface area contributed by atoms with Gasteiger partial charge in [0.1, 0.15) is 5.41 Å². The highest BCUT2D eigenvalue weighted by Gasteiger charge is 2.46. The molecule has 1 N–H and O–H groups in total. The van der Waals surface area contributed by atoms with E-state index >= 15 is 0 Å².